The van der Waals surface area contributed by atoms with E-state index in [2.05, 4.69) is 30.8 Å². The van der Waals surface area contributed by atoms with Crippen molar-refractivity contribution < 1.29 is 18.7 Å². The zero-order valence-electron chi connectivity index (χ0n) is 18.9. The van der Waals surface area contributed by atoms with Gasteiger partial charge in [0.15, 0.2) is 5.82 Å². The average Bonchev–Trinajstić information content (AvgIpc) is 3.11. The third kappa shape index (κ3) is 4.50. The Hall–Kier alpha value is -3.21. The largest absolute Gasteiger partial charge is 0.443 e. The molecule has 2 fully saturated rings. The van der Waals surface area contributed by atoms with E-state index in [1.165, 1.54) is 0 Å². The van der Waals surface area contributed by atoms with Gasteiger partial charge in [0.05, 0.1) is 12.3 Å². The minimum Gasteiger partial charge on any atom is -0.443 e. The molecule has 0 aromatic carbocycles. The molecule has 2 aliphatic carbocycles. The number of rotatable bonds is 7. The summed E-state index contributed by atoms with van der Waals surface area (Å²) in [6.45, 7) is 4.24. The number of methoxy groups -OCH3 is 1. The minimum atomic E-state index is -1.30. The molecule has 33 heavy (non-hydrogen) atoms. The quantitative estimate of drug-likeness (QED) is 0.497. The van der Waals surface area contributed by atoms with E-state index in [9.17, 15) is 4.79 Å². The van der Waals surface area contributed by atoms with E-state index in [-0.39, 0.29) is 5.54 Å². The third-order valence-electron chi connectivity index (χ3n) is 6.32. The maximum Gasteiger partial charge on any atom is 0.407 e. The van der Waals surface area contributed by atoms with Crippen LogP contribution in [0.1, 0.15) is 55.6 Å². The number of carbonyl (C=O) groups excluding carboxylic acids is 1. The van der Waals surface area contributed by atoms with Crippen molar-refractivity contribution in [3.63, 3.8) is 0 Å². The fourth-order valence-electron chi connectivity index (χ4n) is 4.27. The second-order valence-electron chi connectivity index (χ2n) is 9.21. The van der Waals surface area contributed by atoms with Gasteiger partial charge in [0.1, 0.15) is 17.9 Å². The molecule has 0 bridgehead atoms. The van der Waals surface area contributed by atoms with Gasteiger partial charge in [-0.25, -0.2) is 19.2 Å². The van der Waals surface area contributed by atoms with Crippen LogP contribution in [0.15, 0.2) is 18.3 Å². The van der Waals surface area contributed by atoms with Crippen molar-refractivity contribution in [2.75, 3.05) is 12.4 Å². The number of aromatic amines is 1. The maximum atomic E-state index is 15.1. The van der Waals surface area contributed by atoms with Crippen LogP contribution in [-0.2, 0) is 16.1 Å². The number of alkyl halides is 1. The standard InChI is InChI=1S/C22H28FN7O3/c1-12-8-18-25-13(11-32-3)10-30(18)20(24-12)26-17-9-15(28-29-17)14-4-5-16(19(14)23)33-21(31)27-22(2)6-7-22/h8-10,14,16,19H,4-7,11H2,1-3H3,(H,27,31)(H2,24,26,28,29)/t14-,16-,19+/m0/s1. The molecule has 0 spiro atoms. The number of H-pyrrole nitrogens is 1. The number of halogens is 1. The number of imidazole rings is 1. The van der Waals surface area contributed by atoms with Crippen molar-refractivity contribution in [1.29, 1.82) is 0 Å². The zero-order chi connectivity index (χ0) is 23.2. The highest BCUT2D eigenvalue weighted by Crippen LogP contribution is 2.39. The van der Waals surface area contributed by atoms with E-state index in [1.54, 1.807) is 13.2 Å². The summed E-state index contributed by atoms with van der Waals surface area (Å²) < 4.78 is 27.5. The van der Waals surface area contributed by atoms with Gasteiger partial charge in [0, 0.05) is 48.3 Å². The zero-order valence-corrected chi connectivity index (χ0v) is 18.9. The lowest BCUT2D eigenvalue weighted by Crippen LogP contribution is -2.38. The van der Waals surface area contributed by atoms with Crippen LogP contribution in [0.3, 0.4) is 0 Å². The Balaban J connectivity index is 1.27. The first-order valence-corrected chi connectivity index (χ1v) is 11.1. The van der Waals surface area contributed by atoms with Gasteiger partial charge in [-0.3, -0.25) is 9.50 Å². The fraction of sp³-hybridized carbons (Fsp3) is 0.545. The van der Waals surface area contributed by atoms with Crippen LogP contribution in [-0.4, -0.2) is 55.6 Å². The number of carbonyl (C=O) groups is 1. The maximum absolute atomic E-state index is 15.1. The Kier molecular flexibility index (Phi) is 5.43. The van der Waals surface area contributed by atoms with Gasteiger partial charge in [-0.05, 0) is 39.5 Å². The molecule has 2 aliphatic rings. The first-order chi connectivity index (χ1) is 15.8. The van der Waals surface area contributed by atoms with Crippen LogP contribution in [0.2, 0.25) is 0 Å². The minimum absolute atomic E-state index is 0.195. The highest BCUT2D eigenvalue weighted by molar-refractivity contribution is 5.69. The van der Waals surface area contributed by atoms with Gasteiger partial charge in [-0.15, -0.1) is 0 Å². The van der Waals surface area contributed by atoms with Gasteiger partial charge in [0.2, 0.25) is 5.95 Å². The van der Waals surface area contributed by atoms with Crippen LogP contribution >= 0.6 is 0 Å². The van der Waals surface area contributed by atoms with E-state index >= 15 is 4.39 Å². The number of nitrogens with one attached hydrogen (secondary N) is 3. The predicted molar refractivity (Wildman–Crippen MR) is 118 cm³/mol. The molecule has 3 atom stereocenters. The topological polar surface area (TPSA) is 118 Å². The first-order valence-electron chi connectivity index (χ1n) is 11.1. The second kappa shape index (κ2) is 8.29. The van der Waals surface area contributed by atoms with Gasteiger partial charge in [0.25, 0.3) is 0 Å². The Bertz CT molecular complexity index is 1170. The summed E-state index contributed by atoms with van der Waals surface area (Å²) in [5.74, 6) is 0.643. The number of aromatic nitrogens is 5. The molecule has 0 radical (unpaired) electrons. The third-order valence-corrected chi connectivity index (χ3v) is 6.32. The van der Waals surface area contributed by atoms with Crippen molar-refractivity contribution >= 4 is 23.5 Å². The molecule has 11 heteroatoms. The Morgan fingerprint density at radius 1 is 1.33 bits per heavy atom. The summed E-state index contributed by atoms with van der Waals surface area (Å²) in [5, 5.41) is 13.2. The van der Waals surface area contributed by atoms with Crippen LogP contribution in [0.5, 0.6) is 0 Å². The molecule has 1 amide bonds. The molecule has 3 aromatic heterocycles. The molecule has 0 saturated heterocycles. The van der Waals surface area contributed by atoms with E-state index in [1.807, 2.05) is 30.5 Å². The average molecular weight is 458 g/mol. The van der Waals surface area contributed by atoms with Crippen molar-refractivity contribution in [2.24, 2.45) is 0 Å². The number of aryl methyl sites for hydroxylation is 1. The summed E-state index contributed by atoms with van der Waals surface area (Å²) in [4.78, 5) is 21.2. The molecule has 0 aliphatic heterocycles. The SMILES string of the molecule is COCc1cn2c(Nc3cc([C@@H]4CC[C@H](OC(=O)NC5(C)CC5)[C@@H]4F)[nH]n3)nc(C)cc2n1. The second-order valence-corrected chi connectivity index (χ2v) is 9.21. The first kappa shape index (κ1) is 21.6. The van der Waals surface area contributed by atoms with E-state index < -0.39 is 24.3 Å². The van der Waals surface area contributed by atoms with Crippen LogP contribution in [0.4, 0.5) is 21.0 Å². The highest BCUT2D eigenvalue weighted by Gasteiger charge is 2.43. The van der Waals surface area contributed by atoms with Crippen LogP contribution in [0.25, 0.3) is 5.65 Å². The number of nitrogens with zero attached hydrogens (tertiary/aromatic N) is 4. The fourth-order valence-corrected chi connectivity index (χ4v) is 4.27. The van der Waals surface area contributed by atoms with Gasteiger partial charge >= 0.3 is 6.09 Å². The van der Waals surface area contributed by atoms with Gasteiger partial charge in [-0.2, -0.15) is 5.10 Å². The smallest absolute Gasteiger partial charge is 0.407 e. The molecule has 2 saturated carbocycles. The lowest BCUT2D eigenvalue weighted by atomic mass is 10.0. The predicted octanol–water partition coefficient (Wildman–Crippen LogP) is 3.51. The Morgan fingerprint density at radius 2 is 2.15 bits per heavy atom. The van der Waals surface area contributed by atoms with Crippen molar-refractivity contribution in [1.82, 2.24) is 29.9 Å². The summed E-state index contributed by atoms with van der Waals surface area (Å²) in [6.07, 6.45) is 2.12. The Labute approximate surface area is 190 Å². The number of hydrogen-bond acceptors (Lipinski definition) is 7. The number of fused-ring (bicyclic) bond motifs is 1. The number of amides is 1. The summed E-state index contributed by atoms with van der Waals surface area (Å²) in [5.41, 5.74) is 2.78. The lowest BCUT2D eigenvalue weighted by Gasteiger charge is -2.19. The highest BCUT2D eigenvalue weighted by atomic mass is 19.1. The van der Waals surface area contributed by atoms with Crippen molar-refractivity contribution in [3.8, 4) is 0 Å². The van der Waals surface area contributed by atoms with Gasteiger partial charge in [-0.1, -0.05) is 0 Å². The normalized spacial score (nSPS) is 23.6. The lowest BCUT2D eigenvalue weighted by molar-refractivity contribution is 0.0546. The molecule has 10 nitrogen and oxygen atoms in total. The molecular formula is C22H28FN7O3. The van der Waals surface area contributed by atoms with Crippen molar-refractivity contribution in [3.05, 3.63) is 35.4 Å². The number of alkyl carbamates (subject to hydrolysis) is 1. The van der Waals surface area contributed by atoms with E-state index in [0.717, 1.165) is 29.9 Å². The van der Waals surface area contributed by atoms with Crippen LogP contribution in [0, 0.1) is 6.92 Å². The molecule has 3 aromatic rings. The van der Waals surface area contributed by atoms with Crippen LogP contribution < -0.4 is 10.6 Å². The summed E-state index contributed by atoms with van der Waals surface area (Å²) in [6, 6.07) is 3.65. The molecule has 176 valence electrons. The summed E-state index contributed by atoms with van der Waals surface area (Å²) in [7, 11) is 1.62. The van der Waals surface area contributed by atoms with E-state index in [4.69, 9.17) is 9.47 Å². The van der Waals surface area contributed by atoms with Gasteiger partial charge < -0.3 is 20.1 Å². The number of anilines is 2. The van der Waals surface area contributed by atoms with Crippen molar-refractivity contribution in [2.45, 2.75) is 69.9 Å². The molecule has 5 rings (SSSR count). The molecule has 0 unspecified atom stereocenters. The molecule has 3 heterocycles. The molecular weight excluding hydrogens is 429 g/mol. The Morgan fingerprint density at radius 3 is 2.91 bits per heavy atom. The summed E-state index contributed by atoms with van der Waals surface area (Å²) >= 11 is 0. The van der Waals surface area contributed by atoms with E-state index in [0.29, 0.717) is 36.9 Å². The number of hydrogen-bond donors (Lipinski definition) is 3. The monoisotopic (exact) mass is 457 g/mol. The number of ether oxygens (including phenoxy) is 2. The molecule has 3 N–H and O–H groups in total.